The summed E-state index contributed by atoms with van der Waals surface area (Å²) in [5.41, 5.74) is 12.4. The molecular weight excluding hydrogens is 230 g/mol. The summed E-state index contributed by atoms with van der Waals surface area (Å²) in [4.78, 5) is 0. The topological polar surface area (TPSA) is 82.5 Å². The van der Waals surface area contributed by atoms with Gasteiger partial charge in [-0.15, -0.1) is 0 Å². The van der Waals surface area contributed by atoms with E-state index < -0.39 is 0 Å². The Hall–Kier alpha value is -1.30. The third-order valence-corrected chi connectivity index (χ3v) is 2.85. The fourth-order valence-electron chi connectivity index (χ4n) is 1.80. The number of ether oxygens (including phenoxy) is 2. The number of hydrogen-bond acceptors (Lipinski definition) is 5. The van der Waals surface area contributed by atoms with E-state index in [2.05, 4.69) is 5.32 Å². The molecule has 1 aromatic carbocycles. The molecule has 0 saturated heterocycles. The quantitative estimate of drug-likeness (QED) is 0.697. The standard InChI is InChI=1S/C13H21N3O2/c14-7-11(15)9-16-8-10-2-3-12-13(6-10)18-5-1-4-17-12/h2-3,6,11,16H,1,4-5,7-9,14-15H2. The molecule has 0 fully saturated rings. The first-order chi connectivity index (χ1) is 8.79. The van der Waals surface area contributed by atoms with Crippen molar-refractivity contribution in [2.45, 2.75) is 19.0 Å². The number of fused-ring (bicyclic) bond motifs is 1. The molecule has 100 valence electrons. The molecule has 18 heavy (non-hydrogen) atoms. The fraction of sp³-hybridized carbons (Fsp3) is 0.538. The predicted molar refractivity (Wildman–Crippen MR) is 70.8 cm³/mol. The second-order valence-electron chi connectivity index (χ2n) is 4.46. The van der Waals surface area contributed by atoms with Gasteiger partial charge in [0, 0.05) is 32.1 Å². The molecule has 1 unspecified atom stereocenters. The fourth-order valence-corrected chi connectivity index (χ4v) is 1.80. The van der Waals surface area contributed by atoms with Crippen LogP contribution in [0.15, 0.2) is 18.2 Å². The maximum atomic E-state index is 5.74. The van der Waals surface area contributed by atoms with E-state index >= 15 is 0 Å². The molecule has 0 radical (unpaired) electrons. The van der Waals surface area contributed by atoms with Gasteiger partial charge in [0.2, 0.25) is 0 Å². The Kier molecular flexibility index (Phi) is 4.81. The van der Waals surface area contributed by atoms with Gasteiger partial charge in [-0.3, -0.25) is 0 Å². The third-order valence-electron chi connectivity index (χ3n) is 2.85. The summed E-state index contributed by atoms with van der Waals surface area (Å²) in [6.45, 7) is 3.39. The summed E-state index contributed by atoms with van der Waals surface area (Å²) in [5.74, 6) is 1.66. The number of nitrogens with one attached hydrogen (secondary N) is 1. The molecule has 1 atom stereocenters. The summed E-state index contributed by atoms with van der Waals surface area (Å²) in [7, 11) is 0. The maximum absolute atomic E-state index is 5.74. The number of hydrogen-bond donors (Lipinski definition) is 3. The van der Waals surface area contributed by atoms with E-state index in [-0.39, 0.29) is 6.04 Å². The SMILES string of the molecule is NCC(N)CNCc1ccc2c(c1)OCCCO2. The lowest BCUT2D eigenvalue weighted by Gasteiger charge is -2.12. The predicted octanol–water partition coefficient (Wildman–Crippen LogP) is 0.224. The lowest BCUT2D eigenvalue weighted by Crippen LogP contribution is -2.39. The molecule has 1 heterocycles. The lowest BCUT2D eigenvalue weighted by atomic mass is 10.2. The molecule has 1 aromatic rings. The molecule has 0 aromatic heterocycles. The molecule has 5 nitrogen and oxygen atoms in total. The Morgan fingerprint density at radius 3 is 2.78 bits per heavy atom. The van der Waals surface area contributed by atoms with E-state index in [0.717, 1.165) is 36.6 Å². The van der Waals surface area contributed by atoms with Gasteiger partial charge >= 0.3 is 0 Å². The third kappa shape index (κ3) is 3.60. The van der Waals surface area contributed by atoms with Gasteiger partial charge < -0.3 is 26.3 Å². The first-order valence-electron chi connectivity index (χ1n) is 6.34. The highest BCUT2D eigenvalue weighted by atomic mass is 16.5. The summed E-state index contributed by atoms with van der Waals surface area (Å²) < 4.78 is 11.2. The van der Waals surface area contributed by atoms with Crippen molar-refractivity contribution in [2.75, 3.05) is 26.3 Å². The van der Waals surface area contributed by atoms with Crippen molar-refractivity contribution in [1.29, 1.82) is 0 Å². The van der Waals surface area contributed by atoms with Crippen LogP contribution in [-0.4, -0.2) is 32.3 Å². The van der Waals surface area contributed by atoms with E-state index in [9.17, 15) is 0 Å². The highest BCUT2D eigenvalue weighted by molar-refractivity contribution is 5.43. The second kappa shape index (κ2) is 6.58. The van der Waals surface area contributed by atoms with E-state index in [4.69, 9.17) is 20.9 Å². The molecule has 1 aliphatic heterocycles. The Labute approximate surface area is 107 Å². The van der Waals surface area contributed by atoms with Gasteiger partial charge in [-0.25, -0.2) is 0 Å². The summed E-state index contributed by atoms with van der Waals surface area (Å²) in [6, 6.07) is 6.02. The molecule has 0 aliphatic carbocycles. The average molecular weight is 251 g/mol. The summed E-state index contributed by atoms with van der Waals surface area (Å²) in [5, 5.41) is 3.27. The zero-order valence-corrected chi connectivity index (χ0v) is 10.5. The van der Waals surface area contributed by atoms with Gasteiger partial charge in [0.1, 0.15) is 0 Å². The largest absolute Gasteiger partial charge is 0.490 e. The summed E-state index contributed by atoms with van der Waals surface area (Å²) in [6.07, 6.45) is 0.924. The van der Waals surface area contributed by atoms with Gasteiger partial charge in [0.25, 0.3) is 0 Å². The number of nitrogens with two attached hydrogens (primary N) is 2. The second-order valence-corrected chi connectivity index (χ2v) is 4.46. The molecule has 2 rings (SSSR count). The minimum Gasteiger partial charge on any atom is -0.490 e. The first kappa shape index (κ1) is 13.1. The molecule has 0 spiro atoms. The minimum absolute atomic E-state index is 0.00501. The van der Waals surface area contributed by atoms with Gasteiger partial charge in [-0.05, 0) is 17.7 Å². The van der Waals surface area contributed by atoms with Crippen LogP contribution in [0.25, 0.3) is 0 Å². The zero-order chi connectivity index (χ0) is 12.8. The Balaban J connectivity index is 1.91. The molecule has 1 aliphatic rings. The van der Waals surface area contributed by atoms with Gasteiger partial charge in [0.05, 0.1) is 13.2 Å². The number of rotatable bonds is 5. The van der Waals surface area contributed by atoms with Crippen LogP contribution in [-0.2, 0) is 6.54 Å². The lowest BCUT2D eigenvalue weighted by molar-refractivity contribution is 0.297. The van der Waals surface area contributed by atoms with Crippen LogP contribution in [0.1, 0.15) is 12.0 Å². The van der Waals surface area contributed by atoms with E-state index in [1.54, 1.807) is 0 Å². The van der Waals surface area contributed by atoms with Gasteiger partial charge in [-0.1, -0.05) is 6.07 Å². The highest BCUT2D eigenvalue weighted by Gasteiger charge is 2.10. The van der Waals surface area contributed by atoms with Crippen molar-refractivity contribution < 1.29 is 9.47 Å². The normalized spacial score (nSPS) is 16.1. The smallest absolute Gasteiger partial charge is 0.161 e. The highest BCUT2D eigenvalue weighted by Crippen LogP contribution is 2.30. The molecule has 5 heteroatoms. The van der Waals surface area contributed by atoms with Crippen molar-refractivity contribution in [3.63, 3.8) is 0 Å². The van der Waals surface area contributed by atoms with Crippen LogP contribution in [0.3, 0.4) is 0 Å². The summed E-state index contributed by atoms with van der Waals surface area (Å²) >= 11 is 0. The molecule has 5 N–H and O–H groups in total. The van der Waals surface area contributed by atoms with Crippen molar-refractivity contribution in [1.82, 2.24) is 5.32 Å². The van der Waals surface area contributed by atoms with Crippen molar-refractivity contribution in [3.8, 4) is 11.5 Å². The van der Waals surface area contributed by atoms with Crippen LogP contribution in [0, 0.1) is 0 Å². The Bertz CT molecular complexity index is 384. The molecule has 0 saturated carbocycles. The maximum Gasteiger partial charge on any atom is 0.161 e. The van der Waals surface area contributed by atoms with Crippen LogP contribution in [0.5, 0.6) is 11.5 Å². The van der Waals surface area contributed by atoms with Crippen LogP contribution < -0.4 is 26.3 Å². The van der Waals surface area contributed by atoms with Crippen molar-refractivity contribution >= 4 is 0 Å². The zero-order valence-electron chi connectivity index (χ0n) is 10.5. The van der Waals surface area contributed by atoms with E-state index in [1.165, 1.54) is 0 Å². The minimum atomic E-state index is 0.00501. The van der Waals surface area contributed by atoms with E-state index in [1.807, 2.05) is 18.2 Å². The van der Waals surface area contributed by atoms with Crippen LogP contribution in [0.4, 0.5) is 0 Å². The Morgan fingerprint density at radius 2 is 2.00 bits per heavy atom. The first-order valence-corrected chi connectivity index (χ1v) is 6.34. The number of benzene rings is 1. The van der Waals surface area contributed by atoms with Gasteiger partial charge in [-0.2, -0.15) is 0 Å². The molecule has 0 bridgehead atoms. The van der Waals surface area contributed by atoms with E-state index in [0.29, 0.717) is 19.7 Å². The van der Waals surface area contributed by atoms with Crippen LogP contribution >= 0.6 is 0 Å². The van der Waals surface area contributed by atoms with Gasteiger partial charge in [0.15, 0.2) is 11.5 Å². The Morgan fingerprint density at radius 1 is 1.22 bits per heavy atom. The van der Waals surface area contributed by atoms with Crippen molar-refractivity contribution in [2.24, 2.45) is 11.5 Å². The monoisotopic (exact) mass is 251 g/mol. The molecular formula is C13H21N3O2. The van der Waals surface area contributed by atoms with Crippen LogP contribution in [0.2, 0.25) is 0 Å². The van der Waals surface area contributed by atoms with Crippen molar-refractivity contribution in [3.05, 3.63) is 23.8 Å². The molecule has 0 amide bonds. The average Bonchev–Trinajstić information content (AvgIpc) is 2.63.